The monoisotopic (exact) mass is 244 g/mol. The maximum atomic E-state index is 11.8. The van der Waals surface area contributed by atoms with E-state index < -0.39 is 0 Å². The second kappa shape index (κ2) is 7.43. The highest BCUT2D eigenvalue weighted by molar-refractivity contribution is 5.79. The van der Waals surface area contributed by atoms with Crippen molar-refractivity contribution in [3.05, 3.63) is 0 Å². The van der Waals surface area contributed by atoms with Gasteiger partial charge in [0.25, 0.3) is 0 Å². The number of carbonyl (C=O) groups is 2. The standard InChI is InChI=1S/C13H24O4/c1-7-12(8(2)10(4)14)17-13(15)9(3)11(5)16-6/h8-9,11-12H,7H2,1-6H3. The van der Waals surface area contributed by atoms with Gasteiger partial charge in [-0.3, -0.25) is 9.59 Å². The van der Waals surface area contributed by atoms with E-state index in [1.165, 1.54) is 6.92 Å². The van der Waals surface area contributed by atoms with Gasteiger partial charge in [0.15, 0.2) is 0 Å². The van der Waals surface area contributed by atoms with Gasteiger partial charge in [0.05, 0.1) is 17.9 Å². The molecule has 4 heteroatoms. The van der Waals surface area contributed by atoms with E-state index in [-0.39, 0.29) is 35.8 Å². The summed E-state index contributed by atoms with van der Waals surface area (Å²) in [6, 6.07) is 0. The molecule has 4 atom stereocenters. The number of ether oxygens (including phenoxy) is 2. The van der Waals surface area contributed by atoms with E-state index in [9.17, 15) is 9.59 Å². The van der Waals surface area contributed by atoms with Crippen molar-refractivity contribution in [3.8, 4) is 0 Å². The second-order valence-electron chi connectivity index (χ2n) is 4.51. The van der Waals surface area contributed by atoms with Crippen LogP contribution in [0.2, 0.25) is 0 Å². The van der Waals surface area contributed by atoms with Crippen LogP contribution in [-0.2, 0) is 19.1 Å². The molecule has 0 aromatic rings. The number of ketones is 1. The van der Waals surface area contributed by atoms with E-state index in [1.54, 1.807) is 21.0 Å². The zero-order valence-corrected chi connectivity index (χ0v) is 11.6. The Hall–Kier alpha value is -0.900. The highest BCUT2D eigenvalue weighted by atomic mass is 16.5. The molecule has 0 bridgehead atoms. The van der Waals surface area contributed by atoms with Crippen LogP contribution < -0.4 is 0 Å². The molecule has 0 spiro atoms. The van der Waals surface area contributed by atoms with Crippen LogP contribution in [0.4, 0.5) is 0 Å². The summed E-state index contributed by atoms with van der Waals surface area (Å²) in [5.41, 5.74) is 0. The minimum Gasteiger partial charge on any atom is -0.461 e. The molecular weight excluding hydrogens is 220 g/mol. The molecule has 0 aliphatic rings. The van der Waals surface area contributed by atoms with Crippen LogP contribution in [0.3, 0.4) is 0 Å². The van der Waals surface area contributed by atoms with Crippen LogP contribution in [0.15, 0.2) is 0 Å². The molecular formula is C13H24O4. The Balaban J connectivity index is 4.48. The lowest BCUT2D eigenvalue weighted by Gasteiger charge is -2.24. The maximum absolute atomic E-state index is 11.8. The molecule has 0 aromatic heterocycles. The average molecular weight is 244 g/mol. The average Bonchev–Trinajstić information content (AvgIpc) is 2.32. The minimum atomic E-state index is -0.341. The van der Waals surface area contributed by atoms with E-state index >= 15 is 0 Å². The molecule has 0 fully saturated rings. The molecule has 4 unspecified atom stereocenters. The van der Waals surface area contributed by atoms with Crippen LogP contribution in [0.5, 0.6) is 0 Å². The van der Waals surface area contributed by atoms with Gasteiger partial charge >= 0.3 is 5.97 Å². The first kappa shape index (κ1) is 16.1. The Morgan fingerprint density at radius 3 is 2.00 bits per heavy atom. The molecule has 0 radical (unpaired) electrons. The Kier molecular flexibility index (Phi) is 7.04. The van der Waals surface area contributed by atoms with Gasteiger partial charge in [-0.15, -0.1) is 0 Å². The smallest absolute Gasteiger partial charge is 0.311 e. The zero-order chi connectivity index (χ0) is 13.6. The predicted molar refractivity (Wildman–Crippen MR) is 65.7 cm³/mol. The van der Waals surface area contributed by atoms with Crippen molar-refractivity contribution >= 4 is 11.8 Å². The van der Waals surface area contributed by atoms with Crippen molar-refractivity contribution in [2.75, 3.05) is 7.11 Å². The summed E-state index contributed by atoms with van der Waals surface area (Å²) in [7, 11) is 1.56. The maximum Gasteiger partial charge on any atom is 0.311 e. The highest BCUT2D eigenvalue weighted by Crippen LogP contribution is 2.16. The van der Waals surface area contributed by atoms with Gasteiger partial charge in [-0.1, -0.05) is 13.8 Å². The van der Waals surface area contributed by atoms with E-state index in [4.69, 9.17) is 9.47 Å². The Morgan fingerprint density at radius 1 is 1.12 bits per heavy atom. The lowest BCUT2D eigenvalue weighted by molar-refractivity contribution is -0.161. The van der Waals surface area contributed by atoms with Crippen molar-refractivity contribution in [1.82, 2.24) is 0 Å². The second-order valence-corrected chi connectivity index (χ2v) is 4.51. The van der Waals surface area contributed by atoms with Crippen LogP contribution in [0.1, 0.15) is 41.0 Å². The molecule has 0 aliphatic heterocycles. The number of rotatable bonds is 7. The van der Waals surface area contributed by atoms with Crippen molar-refractivity contribution in [2.45, 2.75) is 53.2 Å². The fourth-order valence-electron chi connectivity index (χ4n) is 1.45. The van der Waals surface area contributed by atoms with Gasteiger partial charge in [0.1, 0.15) is 11.9 Å². The first-order valence-corrected chi connectivity index (χ1v) is 6.08. The quantitative estimate of drug-likeness (QED) is 0.644. The zero-order valence-electron chi connectivity index (χ0n) is 11.6. The Bertz CT molecular complexity index is 262. The number of hydrogen-bond acceptors (Lipinski definition) is 4. The van der Waals surface area contributed by atoms with Crippen molar-refractivity contribution in [1.29, 1.82) is 0 Å². The molecule has 0 saturated carbocycles. The Morgan fingerprint density at radius 2 is 1.65 bits per heavy atom. The third-order valence-corrected chi connectivity index (χ3v) is 3.32. The summed E-state index contributed by atoms with van der Waals surface area (Å²) in [5, 5.41) is 0. The number of Topliss-reactive ketones (excluding diaryl/α,β-unsaturated/α-hetero) is 1. The van der Waals surface area contributed by atoms with Gasteiger partial charge in [-0.2, -0.15) is 0 Å². The van der Waals surface area contributed by atoms with E-state index in [0.717, 1.165) is 0 Å². The van der Waals surface area contributed by atoms with Gasteiger partial charge in [0, 0.05) is 7.11 Å². The molecule has 100 valence electrons. The molecule has 0 amide bonds. The topological polar surface area (TPSA) is 52.6 Å². The summed E-state index contributed by atoms with van der Waals surface area (Å²) in [4.78, 5) is 23.1. The molecule has 4 nitrogen and oxygen atoms in total. The molecule has 17 heavy (non-hydrogen) atoms. The van der Waals surface area contributed by atoms with Crippen molar-refractivity contribution in [2.24, 2.45) is 11.8 Å². The van der Waals surface area contributed by atoms with Gasteiger partial charge < -0.3 is 9.47 Å². The third kappa shape index (κ3) is 4.86. The van der Waals surface area contributed by atoms with E-state index in [2.05, 4.69) is 0 Å². The van der Waals surface area contributed by atoms with Crippen LogP contribution >= 0.6 is 0 Å². The van der Waals surface area contributed by atoms with Crippen molar-refractivity contribution in [3.63, 3.8) is 0 Å². The van der Waals surface area contributed by atoms with E-state index in [1.807, 2.05) is 13.8 Å². The van der Waals surface area contributed by atoms with Gasteiger partial charge in [0.2, 0.25) is 0 Å². The van der Waals surface area contributed by atoms with Crippen LogP contribution in [0, 0.1) is 11.8 Å². The summed E-state index contributed by atoms with van der Waals surface area (Å²) >= 11 is 0. The van der Waals surface area contributed by atoms with Gasteiger partial charge in [-0.05, 0) is 27.2 Å². The fraction of sp³-hybridized carbons (Fsp3) is 0.846. The SMILES string of the molecule is CCC(OC(=O)C(C)C(C)OC)C(C)C(C)=O. The third-order valence-electron chi connectivity index (χ3n) is 3.32. The summed E-state index contributed by atoms with van der Waals surface area (Å²) in [6.07, 6.45) is 0.111. The lowest BCUT2D eigenvalue weighted by Crippen LogP contribution is -2.34. The number of methoxy groups -OCH3 is 1. The Labute approximate surface area is 104 Å². The molecule has 0 aliphatic carbocycles. The fourth-order valence-corrected chi connectivity index (χ4v) is 1.45. The van der Waals surface area contributed by atoms with Crippen molar-refractivity contribution < 1.29 is 19.1 Å². The van der Waals surface area contributed by atoms with E-state index in [0.29, 0.717) is 6.42 Å². The summed E-state index contributed by atoms with van der Waals surface area (Å²) in [5.74, 6) is -0.849. The molecule has 0 saturated heterocycles. The summed E-state index contributed by atoms with van der Waals surface area (Å²) < 4.78 is 10.5. The first-order chi connectivity index (χ1) is 7.84. The predicted octanol–water partition coefficient (Wildman–Crippen LogP) is 2.20. The largest absolute Gasteiger partial charge is 0.461 e. The molecule has 0 rings (SSSR count). The number of carbonyl (C=O) groups excluding carboxylic acids is 2. The van der Waals surface area contributed by atoms with Gasteiger partial charge in [-0.25, -0.2) is 0 Å². The minimum absolute atomic E-state index is 0.0390. The highest BCUT2D eigenvalue weighted by Gasteiger charge is 2.28. The number of esters is 1. The molecule has 0 N–H and O–H groups in total. The lowest BCUT2D eigenvalue weighted by atomic mass is 9.98. The molecule has 0 heterocycles. The summed E-state index contributed by atoms with van der Waals surface area (Å²) in [6.45, 7) is 8.79. The molecule has 0 aromatic carbocycles. The first-order valence-electron chi connectivity index (χ1n) is 6.08. The number of hydrogen-bond donors (Lipinski definition) is 0. The van der Waals surface area contributed by atoms with Crippen LogP contribution in [-0.4, -0.2) is 31.1 Å². The van der Waals surface area contributed by atoms with Crippen LogP contribution in [0.25, 0.3) is 0 Å². The normalized spacial score (nSPS) is 18.0.